The van der Waals surface area contributed by atoms with Crippen LogP contribution >= 0.6 is 22.7 Å². The van der Waals surface area contributed by atoms with Crippen molar-refractivity contribution in [1.82, 2.24) is 9.62 Å². The molecule has 2 aromatic rings. The van der Waals surface area contributed by atoms with Gasteiger partial charge in [0.2, 0.25) is 5.91 Å². The smallest absolute Gasteiger partial charge is 0.252 e. The highest BCUT2D eigenvalue weighted by molar-refractivity contribution is 7.91. The highest BCUT2D eigenvalue weighted by atomic mass is 32.2. The maximum atomic E-state index is 12.7. The van der Waals surface area contributed by atoms with Crippen molar-refractivity contribution in [3.63, 3.8) is 0 Å². The van der Waals surface area contributed by atoms with Crippen molar-refractivity contribution in [3.05, 3.63) is 39.4 Å². The fourth-order valence-electron chi connectivity index (χ4n) is 2.78. The van der Waals surface area contributed by atoms with Crippen molar-refractivity contribution in [2.45, 2.75) is 30.5 Å². The lowest BCUT2D eigenvalue weighted by atomic mass is 9.99. The Balaban J connectivity index is 1.64. The molecule has 1 saturated heterocycles. The summed E-state index contributed by atoms with van der Waals surface area (Å²) >= 11 is 2.87. The van der Waals surface area contributed by atoms with Crippen LogP contribution in [0.4, 0.5) is 0 Å². The van der Waals surface area contributed by atoms with Crippen LogP contribution < -0.4 is 5.32 Å². The van der Waals surface area contributed by atoms with Gasteiger partial charge < -0.3 is 5.32 Å². The number of nitrogens with zero attached hydrogens (tertiary/aromatic N) is 1. The molecule has 1 atom stereocenters. The van der Waals surface area contributed by atoms with Crippen LogP contribution in [0.2, 0.25) is 0 Å². The van der Waals surface area contributed by atoms with Crippen LogP contribution in [0, 0.1) is 12.8 Å². The van der Waals surface area contributed by atoms with Gasteiger partial charge in [-0.25, -0.2) is 8.42 Å². The Labute approximate surface area is 150 Å². The first kappa shape index (κ1) is 17.6. The zero-order valence-electron chi connectivity index (χ0n) is 13.4. The highest BCUT2D eigenvalue weighted by Crippen LogP contribution is 2.28. The molecule has 0 saturated carbocycles. The van der Waals surface area contributed by atoms with Gasteiger partial charge in [0.25, 0.3) is 10.0 Å². The first-order valence-electron chi connectivity index (χ1n) is 7.83. The Morgan fingerprint density at radius 3 is 2.88 bits per heavy atom. The number of sulfonamides is 1. The second-order valence-electron chi connectivity index (χ2n) is 5.86. The zero-order chi connectivity index (χ0) is 17.2. The molecule has 1 aliphatic rings. The average Bonchev–Trinajstić information content (AvgIpc) is 3.24. The van der Waals surface area contributed by atoms with E-state index >= 15 is 0 Å². The quantitative estimate of drug-likeness (QED) is 0.862. The van der Waals surface area contributed by atoms with E-state index in [0.29, 0.717) is 23.7 Å². The Kier molecular flexibility index (Phi) is 5.39. The lowest BCUT2D eigenvalue weighted by molar-refractivity contribution is -0.126. The Morgan fingerprint density at radius 1 is 1.38 bits per heavy atom. The van der Waals surface area contributed by atoms with E-state index in [4.69, 9.17) is 0 Å². The standard InChI is InChI=1S/C16H20N2O3S3/c1-12-6-7-15(23-12)24(20,21)18-8-2-4-13(11-18)16(19)17-10-14-5-3-9-22-14/h3,5-7,9,13H,2,4,8,10-11H2,1H3,(H,17,19)/t13-/m1/s1. The molecule has 0 radical (unpaired) electrons. The van der Waals surface area contributed by atoms with Crippen molar-refractivity contribution in [3.8, 4) is 0 Å². The topological polar surface area (TPSA) is 66.5 Å². The number of amides is 1. The number of carbonyl (C=O) groups is 1. The summed E-state index contributed by atoms with van der Waals surface area (Å²) in [5, 5.41) is 4.89. The number of piperidine rings is 1. The summed E-state index contributed by atoms with van der Waals surface area (Å²) in [7, 11) is -3.49. The lowest BCUT2D eigenvalue weighted by Crippen LogP contribution is -2.45. The molecule has 2 aromatic heterocycles. The molecule has 24 heavy (non-hydrogen) atoms. The maximum Gasteiger partial charge on any atom is 0.252 e. The average molecular weight is 385 g/mol. The number of hydrogen-bond donors (Lipinski definition) is 1. The van der Waals surface area contributed by atoms with E-state index in [-0.39, 0.29) is 18.4 Å². The molecule has 130 valence electrons. The van der Waals surface area contributed by atoms with Gasteiger partial charge >= 0.3 is 0 Å². The Morgan fingerprint density at radius 2 is 2.21 bits per heavy atom. The lowest BCUT2D eigenvalue weighted by Gasteiger charge is -2.30. The summed E-state index contributed by atoms with van der Waals surface area (Å²) in [6, 6.07) is 7.38. The summed E-state index contributed by atoms with van der Waals surface area (Å²) in [4.78, 5) is 14.4. The summed E-state index contributed by atoms with van der Waals surface area (Å²) in [5.74, 6) is -0.347. The Bertz CT molecular complexity index is 796. The molecular weight excluding hydrogens is 364 g/mol. The Hall–Kier alpha value is -1.22. The summed E-state index contributed by atoms with van der Waals surface area (Å²) < 4.78 is 27.3. The number of rotatable bonds is 5. The van der Waals surface area contributed by atoms with Crippen molar-refractivity contribution >= 4 is 38.6 Å². The number of hydrogen-bond acceptors (Lipinski definition) is 5. The molecule has 0 spiro atoms. The van der Waals surface area contributed by atoms with Crippen LogP contribution in [-0.4, -0.2) is 31.7 Å². The molecule has 1 N–H and O–H groups in total. The molecule has 0 unspecified atom stereocenters. The molecule has 1 fully saturated rings. The van der Waals surface area contributed by atoms with Gasteiger partial charge in [0, 0.05) is 22.8 Å². The van der Waals surface area contributed by atoms with Crippen molar-refractivity contribution in [1.29, 1.82) is 0 Å². The summed E-state index contributed by atoms with van der Waals surface area (Å²) in [6.45, 7) is 3.13. The normalized spacial score (nSPS) is 19.3. The molecule has 1 amide bonds. The first-order valence-corrected chi connectivity index (χ1v) is 11.0. The minimum atomic E-state index is -3.49. The third-order valence-electron chi connectivity index (χ3n) is 4.08. The molecule has 3 heterocycles. The second-order valence-corrected chi connectivity index (χ2v) is 10.3. The van der Waals surface area contributed by atoms with Gasteiger partial charge in [-0.2, -0.15) is 4.31 Å². The molecule has 0 aromatic carbocycles. The summed E-state index contributed by atoms with van der Waals surface area (Å²) in [5.41, 5.74) is 0. The molecule has 3 rings (SSSR count). The SMILES string of the molecule is Cc1ccc(S(=O)(=O)N2CCC[C@@H](C(=O)NCc3cccs3)C2)s1. The van der Waals surface area contributed by atoms with Crippen molar-refractivity contribution in [2.75, 3.05) is 13.1 Å². The van der Waals surface area contributed by atoms with Crippen LogP contribution in [0.25, 0.3) is 0 Å². The predicted molar refractivity (Wildman–Crippen MR) is 96.7 cm³/mol. The van der Waals surface area contributed by atoms with Crippen molar-refractivity contribution < 1.29 is 13.2 Å². The van der Waals surface area contributed by atoms with Gasteiger partial charge in [0.1, 0.15) is 4.21 Å². The van der Waals surface area contributed by atoms with Gasteiger partial charge in [0.05, 0.1) is 12.5 Å². The predicted octanol–water partition coefficient (Wildman–Crippen LogP) is 2.84. The second kappa shape index (κ2) is 7.35. The van der Waals surface area contributed by atoms with E-state index in [2.05, 4.69) is 5.32 Å². The van der Waals surface area contributed by atoms with E-state index in [9.17, 15) is 13.2 Å². The molecule has 0 aliphatic carbocycles. The molecule has 1 aliphatic heterocycles. The van der Waals surface area contributed by atoms with E-state index < -0.39 is 10.0 Å². The third kappa shape index (κ3) is 3.88. The van der Waals surface area contributed by atoms with Crippen LogP contribution in [0.1, 0.15) is 22.6 Å². The van der Waals surface area contributed by atoms with E-state index in [0.717, 1.165) is 16.2 Å². The minimum absolute atomic E-state index is 0.0642. The van der Waals surface area contributed by atoms with Gasteiger partial charge in [-0.15, -0.1) is 22.7 Å². The van der Waals surface area contributed by atoms with E-state index in [1.807, 2.05) is 30.5 Å². The monoisotopic (exact) mass is 384 g/mol. The maximum absolute atomic E-state index is 12.7. The molecule has 0 bridgehead atoms. The van der Waals surface area contributed by atoms with E-state index in [1.165, 1.54) is 15.6 Å². The van der Waals surface area contributed by atoms with Crippen molar-refractivity contribution in [2.24, 2.45) is 5.92 Å². The zero-order valence-corrected chi connectivity index (χ0v) is 15.8. The first-order chi connectivity index (χ1) is 11.5. The number of carbonyl (C=O) groups excluding carboxylic acids is 1. The molecule has 8 heteroatoms. The van der Waals surface area contributed by atoms with E-state index in [1.54, 1.807) is 17.4 Å². The van der Waals surface area contributed by atoms with Gasteiger partial charge in [-0.1, -0.05) is 6.07 Å². The third-order valence-corrected chi connectivity index (χ3v) is 8.29. The van der Waals surface area contributed by atoms with Gasteiger partial charge in [0.15, 0.2) is 0 Å². The molecule has 5 nitrogen and oxygen atoms in total. The minimum Gasteiger partial charge on any atom is -0.351 e. The van der Waals surface area contributed by atoms with Crippen LogP contribution in [0.3, 0.4) is 0 Å². The highest BCUT2D eigenvalue weighted by Gasteiger charge is 2.33. The number of aryl methyl sites for hydroxylation is 1. The molecular formula is C16H20N2O3S3. The number of thiophene rings is 2. The van der Waals surface area contributed by atoms with Crippen LogP contribution in [0.5, 0.6) is 0 Å². The van der Waals surface area contributed by atoms with Gasteiger partial charge in [-0.05, 0) is 43.3 Å². The number of nitrogens with one attached hydrogen (secondary N) is 1. The largest absolute Gasteiger partial charge is 0.351 e. The van der Waals surface area contributed by atoms with Gasteiger partial charge in [-0.3, -0.25) is 4.79 Å². The fraction of sp³-hybridized carbons (Fsp3) is 0.438. The van der Waals surface area contributed by atoms with Crippen LogP contribution in [-0.2, 0) is 21.4 Å². The summed E-state index contributed by atoms with van der Waals surface area (Å²) in [6.07, 6.45) is 1.44. The fourth-order valence-corrected chi connectivity index (χ4v) is 6.39. The van der Waals surface area contributed by atoms with Crippen LogP contribution in [0.15, 0.2) is 33.9 Å².